The van der Waals surface area contributed by atoms with E-state index in [4.69, 9.17) is 15.6 Å². The van der Waals surface area contributed by atoms with Gasteiger partial charge in [-0.2, -0.15) is 0 Å². The summed E-state index contributed by atoms with van der Waals surface area (Å²) < 4.78 is 4.90. The maximum absolute atomic E-state index is 12.0. The van der Waals surface area contributed by atoms with Crippen LogP contribution in [-0.2, 0) is 14.3 Å². The number of rotatable bonds is 6. The Bertz CT molecular complexity index is 308. The van der Waals surface area contributed by atoms with Crippen molar-refractivity contribution in [1.82, 2.24) is 4.90 Å². The molecule has 3 atom stereocenters. The number of hydrogen-bond acceptors (Lipinski definition) is 4. The summed E-state index contributed by atoms with van der Waals surface area (Å²) in [4.78, 5) is 24.6. The number of hydrogen-bond donors (Lipinski definition) is 2. The van der Waals surface area contributed by atoms with Crippen LogP contribution in [0.2, 0.25) is 0 Å². The lowest BCUT2D eigenvalue weighted by atomic mass is 9.99. The van der Waals surface area contributed by atoms with Crippen LogP contribution >= 0.6 is 0 Å². The van der Waals surface area contributed by atoms with Gasteiger partial charge in [0, 0.05) is 26.8 Å². The molecule has 1 saturated heterocycles. The monoisotopic (exact) mass is 258 g/mol. The number of aliphatic carboxylic acids is 1. The molecule has 1 rings (SSSR count). The van der Waals surface area contributed by atoms with Gasteiger partial charge in [0.2, 0.25) is 5.91 Å². The topological polar surface area (TPSA) is 92.9 Å². The zero-order valence-corrected chi connectivity index (χ0v) is 11.0. The SMILES string of the molecule is COCCCC(N)C(=O)N1C[C@@H](C)[C@H](C(=O)O)C1. The number of likely N-dealkylation sites (tertiary alicyclic amines) is 1. The van der Waals surface area contributed by atoms with Gasteiger partial charge in [-0.25, -0.2) is 0 Å². The lowest BCUT2D eigenvalue weighted by Gasteiger charge is -2.20. The molecule has 0 aliphatic carbocycles. The van der Waals surface area contributed by atoms with Crippen LogP contribution in [0.15, 0.2) is 0 Å². The van der Waals surface area contributed by atoms with Crippen LogP contribution in [0.5, 0.6) is 0 Å². The van der Waals surface area contributed by atoms with E-state index < -0.39 is 17.9 Å². The molecular formula is C12H22N2O4. The van der Waals surface area contributed by atoms with Crippen molar-refractivity contribution in [2.24, 2.45) is 17.6 Å². The van der Waals surface area contributed by atoms with Crippen molar-refractivity contribution in [3.05, 3.63) is 0 Å². The number of carboxylic acids is 1. The zero-order valence-electron chi connectivity index (χ0n) is 11.0. The summed E-state index contributed by atoms with van der Waals surface area (Å²) in [6.07, 6.45) is 1.30. The van der Waals surface area contributed by atoms with Gasteiger partial charge in [-0.1, -0.05) is 6.92 Å². The summed E-state index contributed by atoms with van der Waals surface area (Å²) >= 11 is 0. The third-order valence-electron chi connectivity index (χ3n) is 3.42. The number of carboxylic acid groups (broad SMARTS) is 1. The molecule has 6 nitrogen and oxygen atoms in total. The highest BCUT2D eigenvalue weighted by Gasteiger charge is 2.37. The second-order valence-electron chi connectivity index (χ2n) is 4.91. The van der Waals surface area contributed by atoms with Gasteiger partial charge < -0.3 is 20.5 Å². The number of methoxy groups -OCH3 is 1. The molecule has 0 aromatic rings. The maximum atomic E-state index is 12.0. The van der Waals surface area contributed by atoms with E-state index in [0.29, 0.717) is 19.6 Å². The summed E-state index contributed by atoms with van der Waals surface area (Å²) in [5, 5.41) is 9.01. The molecule has 0 aromatic carbocycles. The Morgan fingerprint density at radius 1 is 1.50 bits per heavy atom. The second kappa shape index (κ2) is 6.70. The number of carbonyl (C=O) groups excluding carboxylic acids is 1. The smallest absolute Gasteiger partial charge is 0.308 e. The van der Waals surface area contributed by atoms with Crippen molar-refractivity contribution in [2.75, 3.05) is 26.8 Å². The fourth-order valence-corrected chi connectivity index (χ4v) is 2.27. The molecule has 0 aromatic heterocycles. The summed E-state index contributed by atoms with van der Waals surface area (Å²) in [6, 6.07) is -0.556. The van der Waals surface area contributed by atoms with Crippen molar-refractivity contribution in [2.45, 2.75) is 25.8 Å². The fraction of sp³-hybridized carbons (Fsp3) is 0.833. The van der Waals surface area contributed by atoms with E-state index >= 15 is 0 Å². The minimum Gasteiger partial charge on any atom is -0.481 e. The molecule has 1 unspecified atom stereocenters. The summed E-state index contributed by atoms with van der Waals surface area (Å²) in [5.74, 6) is -1.48. The molecular weight excluding hydrogens is 236 g/mol. The van der Waals surface area contributed by atoms with Crippen molar-refractivity contribution in [3.8, 4) is 0 Å². The van der Waals surface area contributed by atoms with E-state index in [2.05, 4.69) is 0 Å². The maximum Gasteiger partial charge on any atom is 0.308 e. The van der Waals surface area contributed by atoms with Crippen LogP contribution in [0.4, 0.5) is 0 Å². The zero-order chi connectivity index (χ0) is 13.7. The molecule has 1 heterocycles. The van der Waals surface area contributed by atoms with Gasteiger partial charge in [0.25, 0.3) is 0 Å². The first kappa shape index (κ1) is 14.9. The molecule has 0 spiro atoms. The molecule has 104 valence electrons. The Balaban J connectivity index is 2.45. The molecule has 1 amide bonds. The third-order valence-corrected chi connectivity index (χ3v) is 3.42. The Morgan fingerprint density at radius 3 is 2.67 bits per heavy atom. The molecule has 1 aliphatic rings. The fourth-order valence-electron chi connectivity index (χ4n) is 2.27. The minimum atomic E-state index is -0.842. The first-order valence-electron chi connectivity index (χ1n) is 6.23. The number of ether oxygens (including phenoxy) is 1. The molecule has 0 saturated carbocycles. The van der Waals surface area contributed by atoms with Gasteiger partial charge in [0.1, 0.15) is 0 Å². The van der Waals surface area contributed by atoms with Crippen molar-refractivity contribution < 1.29 is 19.4 Å². The van der Waals surface area contributed by atoms with Gasteiger partial charge >= 0.3 is 5.97 Å². The lowest BCUT2D eigenvalue weighted by molar-refractivity contribution is -0.142. The molecule has 0 radical (unpaired) electrons. The van der Waals surface area contributed by atoms with Crippen LogP contribution in [0.1, 0.15) is 19.8 Å². The highest BCUT2D eigenvalue weighted by Crippen LogP contribution is 2.23. The average Bonchev–Trinajstić information content (AvgIpc) is 2.70. The minimum absolute atomic E-state index is 0.0161. The number of nitrogens with two attached hydrogens (primary N) is 1. The largest absolute Gasteiger partial charge is 0.481 e. The average molecular weight is 258 g/mol. The van der Waals surface area contributed by atoms with Crippen LogP contribution < -0.4 is 5.73 Å². The number of amides is 1. The third kappa shape index (κ3) is 3.68. The Labute approximate surface area is 107 Å². The standard InChI is InChI=1S/C12H22N2O4/c1-8-6-14(7-9(8)12(16)17)11(15)10(13)4-3-5-18-2/h8-10H,3-7,13H2,1-2H3,(H,16,17)/t8-,9-,10?/m1/s1. The molecule has 18 heavy (non-hydrogen) atoms. The summed E-state index contributed by atoms with van der Waals surface area (Å²) in [5.41, 5.74) is 5.81. The molecule has 1 aliphatic heterocycles. The summed E-state index contributed by atoms with van der Waals surface area (Å²) in [6.45, 7) is 3.18. The predicted molar refractivity (Wildman–Crippen MR) is 66.0 cm³/mol. The van der Waals surface area contributed by atoms with E-state index in [9.17, 15) is 9.59 Å². The van der Waals surface area contributed by atoms with Crippen LogP contribution in [0, 0.1) is 11.8 Å². The van der Waals surface area contributed by atoms with Crippen molar-refractivity contribution >= 4 is 11.9 Å². The Hall–Kier alpha value is -1.14. The molecule has 0 bridgehead atoms. The van der Waals surface area contributed by atoms with E-state index in [1.165, 1.54) is 0 Å². The normalized spacial score (nSPS) is 25.2. The first-order valence-corrected chi connectivity index (χ1v) is 6.23. The molecule has 3 N–H and O–H groups in total. The summed E-state index contributed by atoms with van der Waals surface area (Å²) in [7, 11) is 1.60. The van der Waals surface area contributed by atoms with E-state index in [-0.39, 0.29) is 18.4 Å². The quantitative estimate of drug-likeness (QED) is 0.650. The number of nitrogens with zero attached hydrogens (tertiary/aromatic N) is 1. The second-order valence-corrected chi connectivity index (χ2v) is 4.91. The first-order chi connectivity index (χ1) is 8.47. The van der Waals surface area contributed by atoms with Gasteiger partial charge in [0.05, 0.1) is 12.0 Å². The van der Waals surface area contributed by atoms with Gasteiger partial charge in [-0.3, -0.25) is 9.59 Å². The molecule has 6 heteroatoms. The number of carbonyl (C=O) groups is 2. The molecule has 1 fully saturated rings. The van der Waals surface area contributed by atoms with E-state index in [1.807, 2.05) is 6.92 Å². The highest BCUT2D eigenvalue weighted by atomic mass is 16.5. The van der Waals surface area contributed by atoms with E-state index in [1.54, 1.807) is 12.0 Å². The van der Waals surface area contributed by atoms with Gasteiger partial charge in [0.15, 0.2) is 0 Å². The Morgan fingerprint density at radius 2 is 2.17 bits per heavy atom. The van der Waals surface area contributed by atoms with Crippen molar-refractivity contribution in [1.29, 1.82) is 0 Å². The van der Waals surface area contributed by atoms with Crippen LogP contribution in [-0.4, -0.2) is 54.7 Å². The lowest BCUT2D eigenvalue weighted by Crippen LogP contribution is -2.43. The van der Waals surface area contributed by atoms with Crippen molar-refractivity contribution in [3.63, 3.8) is 0 Å². The Kier molecular flexibility index (Phi) is 5.55. The van der Waals surface area contributed by atoms with Gasteiger partial charge in [-0.05, 0) is 18.8 Å². The predicted octanol–water partition coefficient (Wildman–Crippen LogP) is -0.0806. The van der Waals surface area contributed by atoms with E-state index in [0.717, 1.165) is 6.42 Å². The van der Waals surface area contributed by atoms with Gasteiger partial charge in [-0.15, -0.1) is 0 Å². The highest BCUT2D eigenvalue weighted by molar-refractivity contribution is 5.83. The van der Waals surface area contributed by atoms with Crippen LogP contribution in [0.3, 0.4) is 0 Å². The van der Waals surface area contributed by atoms with Crippen LogP contribution in [0.25, 0.3) is 0 Å².